The molecule has 0 saturated heterocycles. The Morgan fingerprint density at radius 2 is 1.50 bits per heavy atom. The third-order valence-corrected chi connectivity index (χ3v) is 6.18. The number of nitrogens with one attached hydrogen (secondary N) is 2. The number of anilines is 2. The molecular formula is C22H19Cl2N3O4S. The topological polar surface area (TPSA) is 95.6 Å². The summed E-state index contributed by atoms with van der Waals surface area (Å²) in [5.41, 5.74) is 1.97. The van der Waals surface area contributed by atoms with Gasteiger partial charge in [0, 0.05) is 5.02 Å². The molecule has 3 rings (SSSR count). The molecule has 0 saturated carbocycles. The van der Waals surface area contributed by atoms with Gasteiger partial charge in [0.05, 0.1) is 22.0 Å². The molecule has 3 aromatic rings. The van der Waals surface area contributed by atoms with Crippen LogP contribution >= 0.6 is 23.2 Å². The lowest BCUT2D eigenvalue weighted by atomic mass is 10.1. The average Bonchev–Trinajstić information content (AvgIpc) is 2.67. The number of rotatable bonds is 5. The van der Waals surface area contributed by atoms with Gasteiger partial charge in [0.2, 0.25) is 0 Å². The zero-order valence-corrected chi connectivity index (χ0v) is 19.4. The molecule has 0 atom stereocenters. The summed E-state index contributed by atoms with van der Waals surface area (Å²) in [5, 5.41) is 2.40. The minimum absolute atomic E-state index is 0.0188. The molecule has 0 aromatic heterocycles. The second kappa shape index (κ2) is 9.60. The van der Waals surface area contributed by atoms with E-state index in [1.807, 2.05) is 19.9 Å². The SMILES string of the molecule is Cc1cc(C)cc(NS(=O)(=O)N(C(=O)NC(=O)c2ccc(Cl)cc2Cl)c2ccccc2)c1. The third-order valence-electron chi connectivity index (χ3n) is 4.28. The van der Waals surface area contributed by atoms with E-state index in [9.17, 15) is 18.0 Å². The summed E-state index contributed by atoms with van der Waals surface area (Å²) in [6, 6.07) is 15.7. The highest BCUT2D eigenvalue weighted by molar-refractivity contribution is 7.94. The van der Waals surface area contributed by atoms with Crippen LogP contribution in [0.15, 0.2) is 66.7 Å². The molecular weight excluding hydrogens is 473 g/mol. The van der Waals surface area contributed by atoms with Crippen LogP contribution in [-0.4, -0.2) is 20.4 Å². The predicted octanol–water partition coefficient (Wildman–Crippen LogP) is 5.32. The highest BCUT2D eigenvalue weighted by atomic mass is 35.5. The highest BCUT2D eigenvalue weighted by Crippen LogP contribution is 2.23. The summed E-state index contributed by atoms with van der Waals surface area (Å²) in [4.78, 5) is 25.6. The van der Waals surface area contributed by atoms with Crippen molar-refractivity contribution in [2.24, 2.45) is 0 Å². The van der Waals surface area contributed by atoms with Gasteiger partial charge >= 0.3 is 16.2 Å². The second-order valence-corrected chi connectivity index (χ2v) is 9.33. The Labute approximate surface area is 196 Å². The van der Waals surface area contributed by atoms with Crippen LogP contribution in [0.1, 0.15) is 21.5 Å². The van der Waals surface area contributed by atoms with Crippen LogP contribution in [0.5, 0.6) is 0 Å². The van der Waals surface area contributed by atoms with Crippen LogP contribution in [0.2, 0.25) is 10.0 Å². The number of carbonyl (C=O) groups is 2. The van der Waals surface area contributed by atoms with Gasteiger partial charge in [0.25, 0.3) is 5.91 Å². The van der Waals surface area contributed by atoms with Crippen LogP contribution in [0.25, 0.3) is 0 Å². The summed E-state index contributed by atoms with van der Waals surface area (Å²) in [6.07, 6.45) is 0. The largest absolute Gasteiger partial charge is 0.344 e. The van der Waals surface area contributed by atoms with Crippen LogP contribution < -0.4 is 14.3 Å². The molecule has 0 unspecified atom stereocenters. The van der Waals surface area contributed by atoms with Gasteiger partial charge in [-0.3, -0.25) is 14.8 Å². The number of hydrogen-bond donors (Lipinski definition) is 2. The lowest BCUT2D eigenvalue weighted by Gasteiger charge is -2.23. The number of amides is 3. The van der Waals surface area contributed by atoms with Gasteiger partial charge in [0.15, 0.2) is 0 Å². The number of halogens is 2. The van der Waals surface area contributed by atoms with Gasteiger partial charge in [-0.15, -0.1) is 0 Å². The summed E-state index contributed by atoms with van der Waals surface area (Å²) in [5.74, 6) is -0.876. The van der Waals surface area contributed by atoms with Crippen LogP contribution in [0.3, 0.4) is 0 Å². The molecule has 3 aromatic carbocycles. The molecule has 0 aliphatic carbocycles. The Morgan fingerprint density at radius 3 is 2.09 bits per heavy atom. The summed E-state index contributed by atoms with van der Waals surface area (Å²) in [7, 11) is -4.44. The van der Waals surface area contributed by atoms with Crippen molar-refractivity contribution in [3.63, 3.8) is 0 Å². The van der Waals surface area contributed by atoms with E-state index in [0.717, 1.165) is 11.1 Å². The van der Waals surface area contributed by atoms with Gasteiger partial charge in [0.1, 0.15) is 0 Å². The second-order valence-electron chi connectivity index (χ2n) is 6.97. The molecule has 0 fully saturated rings. The zero-order chi connectivity index (χ0) is 23.5. The monoisotopic (exact) mass is 491 g/mol. The van der Waals surface area contributed by atoms with E-state index in [2.05, 4.69) is 10.0 Å². The van der Waals surface area contributed by atoms with E-state index in [1.54, 1.807) is 30.3 Å². The van der Waals surface area contributed by atoms with Crippen LogP contribution in [0, 0.1) is 13.8 Å². The number of para-hydroxylation sites is 1. The molecule has 0 bridgehead atoms. The first kappa shape index (κ1) is 23.6. The summed E-state index contributed by atoms with van der Waals surface area (Å²) < 4.78 is 29.3. The summed E-state index contributed by atoms with van der Waals surface area (Å²) >= 11 is 11.9. The Morgan fingerprint density at radius 1 is 0.875 bits per heavy atom. The quantitative estimate of drug-likeness (QED) is 0.504. The first-order chi connectivity index (χ1) is 15.1. The molecule has 0 radical (unpaired) electrons. The molecule has 3 amide bonds. The van der Waals surface area contributed by atoms with Gasteiger partial charge in [-0.2, -0.15) is 12.7 Å². The molecule has 0 aliphatic heterocycles. The lowest BCUT2D eigenvalue weighted by molar-refractivity contribution is 0.0966. The van der Waals surface area contributed by atoms with Crippen molar-refractivity contribution in [3.05, 3.63) is 93.5 Å². The number of benzene rings is 3. The molecule has 166 valence electrons. The zero-order valence-electron chi connectivity index (χ0n) is 17.1. The van der Waals surface area contributed by atoms with Crippen molar-refractivity contribution in [1.29, 1.82) is 0 Å². The van der Waals surface area contributed by atoms with Gasteiger partial charge < -0.3 is 0 Å². The average molecular weight is 492 g/mol. The van der Waals surface area contributed by atoms with Gasteiger partial charge in [-0.25, -0.2) is 4.79 Å². The van der Waals surface area contributed by atoms with E-state index < -0.39 is 22.1 Å². The van der Waals surface area contributed by atoms with Crippen molar-refractivity contribution in [2.75, 3.05) is 9.03 Å². The standard InChI is InChI=1S/C22H19Cl2N3O4S/c1-14-10-15(2)12-17(11-14)26-32(30,31)27(18-6-4-3-5-7-18)22(29)25-21(28)19-9-8-16(23)13-20(19)24/h3-13,26H,1-2H3,(H,25,28,29). The Hall–Kier alpha value is -3.07. The number of nitrogens with zero attached hydrogens (tertiary/aromatic N) is 1. The normalized spacial score (nSPS) is 11.0. The van der Waals surface area contributed by atoms with Gasteiger partial charge in [-0.1, -0.05) is 47.5 Å². The minimum atomic E-state index is -4.44. The number of aryl methyl sites for hydroxylation is 2. The maximum atomic E-state index is 13.2. The first-order valence-corrected chi connectivity index (χ1v) is 11.5. The highest BCUT2D eigenvalue weighted by Gasteiger charge is 2.31. The Balaban J connectivity index is 1.95. The molecule has 32 heavy (non-hydrogen) atoms. The van der Waals surface area contributed by atoms with Crippen molar-refractivity contribution in [1.82, 2.24) is 5.32 Å². The van der Waals surface area contributed by atoms with E-state index >= 15 is 0 Å². The first-order valence-electron chi connectivity index (χ1n) is 9.33. The third kappa shape index (κ3) is 5.59. The Kier molecular flexibility index (Phi) is 7.08. The molecule has 0 aliphatic rings. The fraction of sp³-hybridized carbons (Fsp3) is 0.0909. The van der Waals surface area contributed by atoms with Crippen molar-refractivity contribution in [2.45, 2.75) is 13.8 Å². The number of urea groups is 1. The fourth-order valence-corrected chi connectivity index (χ4v) is 4.71. The van der Waals surface area contributed by atoms with Crippen molar-refractivity contribution < 1.29 is 18.0 Å². The van der Waals surface area contributed by atoms with Crippen molar-refractivity contribution in [3.8, 4) is 0 Å². The molecule has 0 spiro atoms. The van der Waals surface area contributed by atoms with E-state index in [-0.39, 0.29) is 22.0 Å². The smallest absolute Gasteiger partial charge is 0.273 e. The predicted molar refractivity (Wildman–Crippen MR) is 127 cm³/mol. The van der Waals surface area contributed by atoms with Crippen molar-refractivity contribution >= 4 is 56.7 Å². The molecule has 2 N–H and O–H groups in total. The maximum Gasteiger partial charge on any atom is 0.344 e. The molecule has 0 heterocycles. The Bertz CT molecular complexity index is 1260. The molecule has 10 heteroatoms. The number of carbonyl (C=O) groups excluding carboxylic acids is 2. The lowest BCUT2D eigenvalue weighted by Crippen LogP contribution is -2.48. The number of imide groups is 1. The number of hydrogen-bond acceptors (Lipinski definition) is 4. The summed E-state index contributed by atoms with van der Waals surface area (Å²) in [6.45, 7) is 3.64. The minimum Gasteiger partial charge on any atom is -0.273 e. The van der Waals surface area contributed by atoms with E-state index in [4.69, 9.17) is 23.2 Å². The fourth-order valence-electron chi connectivity index (χ4n) is 3.05. The van der Waals surface area contributed by atoms with Crippen LogP contribution in [0.4, 0.5) is 16.2 Å². The van der Waals surface area contributed by atoms with E-state index in [0.29, 0.717) is 9.33 Å². The molecule has 7 nitrogen and oxygen atoms in total. The van der Waals surface area contributed by atoms with Crippen LogP contribution in [-0.2, 0) is 10.2 Å². The van der Waals surface area contributed by atoms with E-state index in [1.165, 1.54) is 30.3 Å². The maximum absolute atomic E-state index is 13.2. The van der Waals surface area contributed by atoms with Gasteiger partial charge in [-0.05, 0) is 67.4 Å².